The fourth-order valence-corrected chi connectivity index (χ4v) is 2.17. The van der Waals surface area contributed by atoms with E-state index in [2.05, 4.69) is 59.6 Å². The zero-order valence-electron chi connectivity index (χ0n) is 12.6. The molecule has 2 rings (SSSR count). The lowest BCUT2D eigenvalue weighted by Gasteiger charge is -2.09. The number of aryl methyl sites for hydroxylation is 1. The topological polar surface area (TPSA) is 29.9 Å². The number of nitrogens with one attached hydrogen (secondary N) is 1. The van der Waals surface area contributed by atoms with Crippen molar-refractivity contribution in [3.05, 3.63) is 59.9 Å². The van der Waals surface area contributed by atoms with Gasteiger partial charge in [0.1, 0.15) is 0 Å². The molecule has 1 aromatic heterocycles. The summed E-state index contributed by atoms with van der Waals surface area (Å²) in [6, 6.07) is 8.75. The van der Waals surface area contributed by atoms with Gasteiger partial charge in [0.05, 0.1) is 5.69 Å². The van der Waals surface area contributed by atoms with Gasteiger partial charge in [0.15, 0.2) is 0 Å². The summed E-state index contributed by atoms with van der Waals surface area (Å²) in [5.41, 5.74) is 3.66. The molecule has 2 aromatic rings. The van der Waals surface area contributed by atoms with Crippen LogP contribution in [-0.2, 0) is 13.1 Å². The number of hydrogen-bond donors (Lipinski definition) is 1. The highest BCUT2D eigenvalue weighted by Gasteiger charge is 2.04. The SMILES string of the molecule is C=CCn1cc(C)nc1NCc1ccc(C(C)C)cc1. The van der Waals surface area contributed by atoms with E-state index in [4.69, 9.17) is 0 Å². The Morgan fingerprint density at radius 1 is 1.30 bits per heavy atom. The van der Waals surface area contributed by atoms with Gasteiger partial charge in [0, 0.05) is 19.3 Å². The van der Waals surface area contributed by atoms with Crippen LogP contribution in [0.25, 0.3) is 0 Å². The Balaban J connectivity index is 2.03. The maximum atomic E-state index is 4.49. The smallest absolute Gasteiger partial charge is 0.203 e. The lowest BCUT2D eigenvalue weighted by Crippen LogP contribution is -2.06. The number of benzene rings is 1. The van der Waals surface area contributed by atoms with Crippen LogP contribution in [0, 0.1) is 6.92 Å². The number of rotatable bonds is 6. The molecule has 0 atom stereocenters. The molecule has 0 aliphatic heterocycles. The molecular weight excluding hydrogens is 246 g/mol. The molecule has 0 saturated heterocycles. The number of allylic oxidation sites excluding steroid dienone is 1. The van der Waals surface area contributed by atoms with E-state index in [0.29, 0.717) is 5.92 Å². The molecule has 0 aliphatic carbocycles. The third-order valence-electron chi connectivity index (χ3n) is 3.32. The Morgan fingerprint density at radius 3 is 2.60 bits per heavy atom. The Hall–Kier alpha value is -2.03. The van der Waals surface area contributed by atoms with Gasteiger partial charge in [-0.05, 0) is 24.0 Å². The number of aromatic nitrogens is 2. The van der Waals surface area contributed by atoms with E-state index in [9.17, 15) is 0 Å². The Kier molecular flexibility index (Phi) is 4.61. The standard InChI is InChI=1S/C17H23N3/c1-5-10-20-12-14(4)19-17(20)18-11-15-6-8-16(9-7-15)13(2)3/h5-9,12-13H,1,10-11H2,2-4H3,(H,18,19). The molecule has 0 bridgehead atoms. The lowest BCUT2D eigenvalue weighted by molar-refractivity contribution is 0.819. The molecule has 0 amide bonds. The fourth-order valence-electron chi connectivity index (χ4n) is 2.17. The maximum Gasteiger partial charge on any atom is 0.203 e. The fraction of sp³-hybridized carbons (Fsp3) is 0.353. The largest absolute Gasteiger partial charge is 0.352 e. The molecule has 3 nitrogen and oxygen atoms in total. The summed E-state index contributed by atoms with van der Waals surface area (Å²) < 4.78 is 2.07. The van der Waals surface area contributed by atoms with Crippen LogP contribution in [0.2, 0.25) is 0 Å². The van der Waals surface area contributed by atoms with Crippen LogP contribution < -0.4 is 5.32 Å². The van der Waals surface area contributed by atoms with Gasteiger partial charge >= 0.3 is 0 Å². The first kappa shape index (κ1) is 14.4. The van der Waals surface area contributed by atoms with Crippen molar-refractivity contribution in [3.8, 4) is 0 Å². The highest BCUT2D eigenvalue weighted by molar-refractivity contribution is 5.32. The molecule has 0 saturated carbocycles. The maximum absolute atomic E-state index is 4.49. The Bertz CT molecular complexity index is 564. The van der Waals surface area contributed by atoms with Gasteiger partial charge in [-0.1, -0.05) is 44.2 Å². The quantitative estimate of drug-likeness (QED) is 0.800. The third kappa shape index (κ3) is 3.50. The predicted molar refractivity (Wildman–Crippen MR) is 85.0 cm³/mol. The monoisotopic (exact) mass is 269 g/mol. The average molecular weight is 269 g/mol. The number of nitrogens with zero attached hydrogens (tertiary/aromatic N) is 2. The molecule has 1 heterocycles. The summed E-state index contributed by atoms with van der Waals surface area (Å²) in [5, 5.41) is 3.39. The minimum Gasteiger partial charge on any atom is -0.352 e. The molecule has 106 valence electrons. The normalized spacial score (nSPS) is 10.8. The number of hydrogen-bond acceptors (Lipinski definition) is 2. The third-order valence-corrected chi connectivity index (χ3v) is 3.32. The first-order valence-electron chi connectivity index (χ1n) is 7.07. The van der Waals surface area contributed by atoms with Gasteiger partial charge in [-0.15, -0.1) is 6.58 Å². The van der Waals surface area contributed by atoms with Crippen LogP contribution in [0.3, 0.4) is 0 Å². The van der Waals surface area contributed by atoms with Crippen molar-refractivity contribution in [1.29, 1.82) is 0 Å². The molecule has 0 radical (unpaired) electrons. The predicted octanol–water partition coefficient (Wildman–Crippen LogP) is 4.11. The van der Waals surface area contributed by atoms with E-state index in [1.54, 1.807) is 0 Å². The van der Waals surface area contributed by atoms with Crippen molar-refractivity contribution < 1.29 is 0 Å². The summed E-state index contributed by atoms with van der Waals surface area (Å²) in [6.45, 7) is 11.8. The van der Waals surface area contributed by atoms with Crippen LogP contribution in [0.15, 0.2) is 43.1 Å². The summed E-state index contributed by atoms with van der Waals surface area (Å²) in [7, 11) is 0. The molecule has 0 aliphatic rings. The van der Waals surface area contributed by atoms with Crippen molar-refractivity contribution in [3.63, 3.8) is 0 Å². The first-order valence-corrected chi connectivity index (χ1v) is 7.07. The van der Waals surface area contributed by atoms with Crippen LogP contribution in [0.5, 0.6) is 0 Å². The Morgan fingerprint density at radius 2 is 2.00 bits per heavy atom. The van der Waals surface area contributed by atoms with Crippen molar-refractivity contribution in [1.82, 2.24) is 9.55 Å². The zero-order chi connectivity index (χ0) is 14.5. The van der Waals surface area contributed by atoms with Gasteiger partial charge in [0.25, 0.3) is 0 Å². The number of anilines is 1. The second kappa shape index (κ2) is 6.42. The van der Waals surface area contributed by atoms with Gasteiger partial charge in [-0.25, -0.2) is 4.98 Å². The van der Waals surface area contributed by atoms with Crippen molar-refractivity contribution >= 4 is 5.95 Å². The van der Waals surface area contributed by atoms with E-state index in [0.717, 1.165) is 24.7 Å². The van der Waals surface area contributed by atoms with E-state index < -0.39 is 0 Å². The van der Waals surface area contributed by atoms with Gasteiger partial charge in [0.2, 0.25) is 5.95 Å². The molecule has 20 heavy (non-hydrogen) atoms. The molecule has 1 N–H and O–H groups in total. The Labute approximate surface area is 121 Å². The highest BCUT2D eigenvalue weighted by Crippen LogP contribution is 2.16. The van der Waals surface area contributed by atoms with Crippen LogP contribution in [0.4, 0.5) is 5.95 Å². The van der Waals surface area contributed by atoms with Crippen molar-refractivity contribution in [2.24, 2.45) is 0 Å². The van der Waals surface area contributed by atoms with E-state index >= 15 is 0 Å². The molecular formula is C17H23N3. The average Bonchev–Trinajstić information content (AvgIpc) is 2.77. The summed E-state index contributed by atoms with van der Waals surface area (Å²) in [6.07, 6.45) is 3.91. The van der Waals surface area contributed by atoms with E-state index in [-0.39, 0.29) is 0 Å². The minimum atomic E-state index is 0.575. The minimum absolute atomic E-state index is 0.575. The van der Waals surface area contributed by atoms with Crippen LogP contribution in [-0.4, -0.2) is 9.55 Å². The van der Waals surface area contributed by atoms with Crippen LogP contribution in [0.1, 0.15) is 36.6 Å². The molecule has 3 heteroatoms. The highest BCUT2D eigenvalue weighted by atomic mass is 15.2. The zero-order valence-corrected chi connectivity index (χ0v) is 12.6. The van der Waals surface area contributed by atoms with Gasteiger partial charge in [-0.3, -0.25) is 0 Å². The number of imidazole rings is 1. The summed E-state index contributed by atoms with van der Waals surface area (Å²) in [5.74, 6) is 1.47. The second-order valence-electron chi connectivity index (χ2n) is 5.40. The van der Waals surface area contributed by atoms with Crippen molar-refractivity contribution in [2.75, 3.05) is 5.32 Å². The van der Waals surface area contributed by atoms with Crippen LogP contribution >= 0.6 is 0 Å². The lowest BCUT2D eigenvalue weighted by atomic mass is 10.0. The van der Waals surface area contributed by atoms with E-state index in [1.165, 1.54) is 11.1 Å². The second-order valence-corrected chi connectivity index (χ2v) is 5.40. The molecule has 1 aromatic carbocycles. The first-order chi connectivity index (χ1) is 9.60. The van der Waals surface area contributed by atoms with Crippen molar-refractivity contribution in [2.45, 2.75) is 39.8 Å². The summed E-state index contributed by atoms with van der Waals surface area (Å²) in [4.78, 5) is 4.49. The summed E-state index contributed by atoms with van der Waals surface area (Å²) >= 11 is 0. The van der Waals surface area contributed by atoms with Gasteiger partial charge < -0.3 is 9.88 Å². The van der Waals surface area contributed by atoms with Gasteiger partial charge in [-0.2, -0.15) is 0 Å². The van der Waals surface area contributed by atoms with E-state index in [1.807, 2.05) is 19.2 Å². The molecule has 0 spiro atoms. The molecule has 0 fully saturated rings. The molecule has 0 unspecified atom stereocenters.